The van der Waals surface area contributed by atoms with Crippen LogP contribution < -0.4 is 21.1 Å². The molecule has 1 aromatic carbocycles. The summed E-state index contributed by atoms with van der Waals surface area (Å²) in [5.41, 5.74) is 6.08. The van der Waals surface area contributed by atoms with Gasteiger partial charge in [0.2, 0.25) is 5.91 Å². The number of ether oxygens (including phenoxy) is 1. The van der Waals surface area contributed by atoms with Crippen LogP contribution >= 0.6 is 0 Å². The summed E-state index contributed by atoms with van der Waals surface area (Å²) in [5.74, 6) is 0.617. The number of nitrogens with one attached hydrogen (secondary N) is 3. The van der Waals surface area contributed by atoms with Crippen LogP contribution in [0.3, 0.4) is 0 Å². The maximum Gasteiger partial charge on any atom is 0.237 e. The summed E-state index contributed by atoms with van der Waals surface area (Å²) >= 11 is 0. The number of carbonyl (C=O) groups excluding carboxylic acids is 1. The van der Waals surface area contributed by atoms with E-state index < -0.39 is 0 Å². The van der Waals surface area contributed by atoms with E-state index in [0.29, 0.717) is 30.8 Å². The smallest absolute Gasteiger partial charge is 0.237 e. The molecule has 1 saturated heterocycles. The summed E-state index contributed by atoms with van der Waals surface area (Å²) in [7, 11) is 0. The second-order valence-corrected chi connectivity index (χ2v) is 4.91. The van der Waals surface area contributed by atoms with Crippen LogP contribution in [0.25, 0.3) is 0 Å². The number of rotatable bonds is 6. The maximum absolute atomic E-state index is 11.8. The zero-order valence-corrected chi connectivity index (χ0v) is 11.8. The number of amides is 1. The van der Waals surface area contributed by atoms with Gasteiger partial charge in [-0.25, -0.2) is 0 Å². The van der Waals surface area contributed by atoms with E-state index in [9.17, 15) is 4.79 Å². The van der Waals surface area contributed by atoms with Gasteiger partial charge in [-0.15, -0.1) is 6.58 Å². The van der Waals surface area contributed by atoms with Crippen LogP contribution in [-0.2, 0) is 4.79 Å². The van der Waals surface area contributed by atoms with Gasteiger partial charge in [-0.1, -0.05) is 18.2 Å². The van der Waals surface area contributed by atoms with Crippen molar-refractivity contribution in [2.45, 2.75) is 18.6 Å². The molecule has 2 unspecified atom stereocenters. The molecule has 1 aromatic rings. The molecule has 0 bridgehead atoms. The number of hydrogen-bond acceptors (Lipinski definition) is 4. The minimum Gasteiger partial charge on any atom is -0.489 e. The predicted molar refractivity (Wildman–Crippen MR) is 81.5 cm³/mol. The highest BCUT2D eigenvalue weighted by Gasteiger charge is 2.30. The highest BCUT2D eigenvalue weighted by molar-refractivity contribution is 5.95. The molecule has 1 amide bonds. The Morgan fingerprint density at radius 2 is 2.43 bits per heavy atom. The second-order valence-electron chi connectivity index (χ2n) is 4.91. The van der Waals surface area contributed by atoms with Crippen molar-refractivity contribution in [1.82, 2.24) is 10.6 Å². The Kier molecular flexibility index (Phi) is 4.94. The Hall–Kier alpha value is -2.34. The van der Waals surface area contributed by atoms with Gasteiger partial charge >= 0.3 is 0 Å². The summed E-state index contributed by atoms with van der Waals surface area (Å²) < 4.78 is 5.84. The molecule has 0 saturated carbocycles. The summed E-state index contributed by atoms with van der Waals surface area (Å²) in [5, 5.41) is 13.3. The van der Waals surface area contributed by atoms with Crippen molar-refractivity contribution in [2.75, 3.05) is 13.1 Å². The third kappa shape index (κ3) is 4.06. The molecule has 2 rings (SSSR count). The summed E-state index contributed by atoms with van der Waals surface area (Å²) in [6.45, 7) is 4.63. The predicted octanol–water partition coefficient (Wildman–Crippen LogP) is 0.382. The molecule has 6 heteroatoms. The van der Waals surface area contributed by atoms with Crippen LogP contribution in [-0.4, -0.2) is 37.0 Å². The van der Waals surface area contributed by atoms with E-state index in [1.165, 1.54) is 0 Å². The molecule has 6 nitrogen and oxygen atoms in total. The van der Waals surface area contributed by atoms with Crippen LogP contribution in [0.2, 0.25) is 0 Å². The fourth-order valence-electron chi connectivity index (χ4n) is 2.22. The Morgan fingerprint density at radius 3 is 3.14 bits per heavy atom. The molecule has 21 heavy (non-hydrogen) atoms. The van der Waals surface area contributed by atoms with E-state index >= 15 is 0 Å². The Labute approximate surface area is 123 Å². The van der Waals surface area contributed by atoms with Gasteiger partial charge in [0.25, 0.3) is 0 Å². The van der Waals surface area contributed by atoms with Crippen molar-refractivity contribution in [3.63, 3.8) is 0 Å². The first kappa shape index (κ1) is 15.1. The quantitative estimate of drug-likeness (QED) is 0.345. The number of amidine groups is 1. The Balaban J connectivity index is 1.90. The largest absolute Gasteiger partial charge is 0.489 e. The third-order valence-corrected chi connectivity index (χ3v) is 3.28. The number of nitrogens with two attached hydrogens (primary N) is 1. The lowest BCUT2D eigenvalue weighted by Crippen LogP contribution is -2.40. The van der Waals surface area contributed by atoms with Crippen molar-refractivity contribution in [3.05, 3.63) is 42.5 Å². The number of nitrogen functional groups attached to an aromatic ring is 1. The molecule has 1 aliphatic heterocycles. The van der Waals surface area contributed by atoms with Gasteiger partial charge in [0.05, 0.1) is 6.04 Å². The van der Waals surface area contributed by atoms with Crippen molar-refractivity contribution < 1.29 is 9.53 Å². The Morgan fingerprint density at radius 1 is 1.62 bits per heavy atom. The second kappa shape index (κ2) is 6.90. The average Bonchev–Trinajstić information content (AvgIpc) is 2.93. The minimum absolute atomic E-state index is 0.00618. The van der Waals surface area contributed by atoms with Crippen molar-refractivity contribution in [3.8, 4) is 5.75 Å². The zero-order valence-electron chi connectivity index (χ0n) is 11.8. The molecule has 0 aliphatic carbocycles. The molecule has 0 radical (unpaired) electrons. The van der Waals surface area contributed by atoms with E-state index in [2.05, 4.69) is 17.2 Å². The SMILES string of the molecule is C=CCNC(=O)C1CC(Oc2cccc(C(=N)N)c2)CN1. The van der Waals surface area contributed by atoms with Crippen LogP contribution in [0.15, 0.2) is 36.9 Å². The van der Waals surface area contributed by atoms with E-state index in [4.69, 9.17) is 15.9 Å². The molecule has 5 N–H and O–H groups in total. The summed E-state index contributed by atoms with van der Waals surface area (Å²) in [6, 6.07) is 6.85. The molecule has 2 atom stereocenters. The summed E-state index contributed by atoms with van der Waals surface area (Å²) in [4.78, 5) is 11.8. The van der Waals surface area contributed by atoms with Crippen LogP contribution in [0.5, 0.6) is 5.75 Å². The van der Waals surface area contributed by atoms with E-state index in [1.54, 1.807) is 24.3 Å². The normalized spacial score (nSPS) is 20.8. The van der Waals surface area contributed by atoms with Gasteiger partial charge in [-0.2, -0.15) is 0 Å². The van der Waals surface area contributed by atoms with Crippen LogP contribution in [0.4, 0.5) is 0 Å². The van der Waals surface area contributed by atoms with Crippen molar-refractivity contribution >= 4 is 11.7 Å². The lowest BCUT2D eigenvalue weighted by molar-refractivity contribution is -0.122. The summed E-state index contributed by atoms with van der Waals surface area (Å²) in [6.07, 6.45) is 2.17. The topological polar surface area (TPSA) is 100 Å². The minimum atomic E-state index is -0.245. The van der Waals surface area contributed by atoms with Gasteiger partial charge in [0, 0.05) is 25.1 Å². The lowest BCUT2D eigenvalue weighted by atomic mass is 10.1. The third-order valence-electron chi connectivity index (χ3n) is 3.28. The van der Waals surface area contributed by atoms with Crippen molar-refractivity contribution in [2.24, 2.45) is 5.73 Å². The number of hydrogen-bond donors (Lipinski definition) is 4. The lowest BCUT2D eigenvalue weighted by Gasteiger charge is -2.14. The first-order valence-electron chi connectivity index (χ1n) is 6.83. The Bertz CT molecular complexity index is 544. The first-order chi connectivity index (χ1) is 10.1. The van der Waals surface area contributed by atoms with Gasteiger partial charge in [-0.05, 0) is 12.1 Å². The number of carbonyl (C=O) groups is 1. The van der Waals surface area contributed by atoms with Crippen molar-refractivity contribution in [1.29, 1.82) is 5.41 Å². The number of benzene rings is 1. The molecule has 1 fully saturated rings. The van der Waals surface area contributed by atoms with Gasteiger partial charge < -0.3 is 21.1 Å². The average molecular weight is 288 g/mol. The van der Waals surface area contributed by atoms with Gasteiger partial charge in [-0.3, -0.25) is 10.2 Å². The highest BCUT2D eigenvalue weighted by atomic mass is 16.5. The first-order valence-corrected chi connectivity index (χ1v) is 6.83. The molecule has 0 spiro atoms. The fraction of sp³-hybridized carbons (Fsp3) is 0.333. The standard InChI is InChI=1S/C15H20N4O2/c1-2-6-18-15(20)13-8-12(9-19-13)21-11-5-3-4-10(7-11)14(16)17/h2-5,7,12-13,19H,1,6,8-9H2,(H3,16,17)(H,18,20). The monoisotopic (exact) mass is 288 g/mol. The zero-order chi connectivity index (χ0) is 15.2. The van der Waals surface area contributed by atoms with Crippen LogP contribution in [0.1, 0.15) is 12.0 Å². The molecule has 0 aromatic heterocycles. The maximum atomic E-state index is 11.8. The van der Waals surface area contributed by atoms with Gasteiger partial charge in [0.1, 0.15) is 17.7 Å². The van der Waals surface area contributed by atoms with Gasteiger partial charge in [0.15, 0.2) is 0 Å². The molecule has 1 heterocycles. The van der Waals surface area contributed by atoms with Crippen LogP contribution in [0, 0.1) is 5.41 Å². The molecule has 1 aliphatic rings. The molecular weight excluding hydrogens is 268 g/mol. The van der Waals surface area contributed by atoms with E-state index in [0.717, 1.165) is 0 Å². The van der Waals surface area contributed by atoms with E-state index in [-0.39, 0.29) is 23.9 Å². The molecule has 112 valence electrons. The molecular formula is C15H20N4O2. The fourth-order valence-corrected chi connectivity index (χ4v) is 2.22. The van der Waals surface area contributed by atoms with E-state index in [1.807, 2.05) is 6.07 Å². The highest BCUT2D eigenvalue weighted by Crippen LogP contribution is 2.18.